The third-order valence-electron chi connectivity index (χ3n) is 3.25. The van der Waals surface area contributed by atoms with Gasteiger partial charge in [-0.05, 0) is 30.5 Å². The van der Waals surface area contributed by atoms with E-state index in [0.717, 1.165) is 6.42 Å². The van der Waals surface area contributed by atoms with Crippen LogP contribution < -0.4 is 9.47 Å². The lowest BCUT2D eigenvalue weighted by Gasteiger charge is -2.18. The van der Waals surface area contributed by atoms with Crippen LogP contribution in [0.2, 0.25) is 0 Å². The predicted octanol–water partition coefficient (Wildman–Crippen LogP) is 3.57. The van der Waals surface area contributed by atoms with Crippen molar-refractivity contribution in [3.8, 4) is 11.5 Å². The number of ketones is 1. The first-order chi connectivity index (χ1) is 8.54. The second-order valence-corrected chi connectivity index (χ2v) is 4.69. The lowest BCUT2D eigenvalue weighted by Crippen LogP contribution is -2.19. The maximum absolute atomic E-state index is 12.4. The van der Waals surface area contributed by atoms with Crippen LogP contribution in [0.1, 0.15) is 37.6 Å². The molecule has 1 aromatic rings. The van der Waals surface area contributed by atoms with Gasteiger partial charge in [0.25, 0.3) is 0 Å². The third kappa shape index (κ3) is 3.03. The van der Waals surface area contributed by atoms with E-state index in [0.29, 0.717) is 23.0 Å². The van der Waals surface area contributed by atoms with Crippen LogP contribution in [0.4, 0.5) is 0 Å². The molecule has 0 fully saturated rings. The van der Waals surface area contributed by atoms with E-state index in [2.05, 4.69) is 13.8 Å². The van der Waals surface area contributed by atoms with Crippen LogP contribution in [0, 0.1) is 11.8 Å². The summed E-state index contributed by atoms with van der Waals surface area (Å²) in [6, 6.07) is 5.33. The first kappa shape index (κ1) is 14.6. The van der Waals surface area contributed by atoms with Crippen LogP contribution in [-0.4, -0.2) is 20.0 Å². The number of Topliss-reactive ketones (excluding diaryl/α,β-unsaturated/α-hetero) is 1. The number of ether oxygens (including phenoxy) is 2. The number of methoxy groups -OCH3 is 2. The van der Waals surface area contributed by atoms with Gasteiger partial charge in [-0.3, -0.25) is 4.79 Å². The van der Waals surface area contributed by atoms with Gasteiger partial charge in [-0.15, -0.1) is 0 Å². The van der Waals surface area contributed by atoms with E-state index >= 15 is 0 Å². The number of benzene rings is 1. The zero-order valence-electron chi connectivity index (χ0n) is 11.8. The molecule has 0 bridgehead atoms. The monoisotopic (exact) mass is 250 g/mol. The van der Waals surface area contributed by atoms with Crippen LogP contribution in [0.5, 0.6) is 11.5 Å². The molecule has 1 aromatic carbocycles. The molecule has 100 valence electrons. The van der Waals surface area contributed by atoms with Crippen LogP contribution in [0.25, 0.3) is 0 Å². The molecule has 0 amide bonds. The van der Waals surface area contributed by atoms with E-state index in [1.54, 1.807) is 32.4 Å². The zero-order chi connectivity index (χ0) is 13.7. The highest BCUT2D eigenvalue weighted by molar-refractivity contribution is 5.98. The van der Waals surface area contributed by atoms with E-state index in [1.165, 1.54) is 0 Å². The summed E-state index contributed by atoms with van der Waals surface area (Å²) in [5.41, 5.74) is 0.688. The molecule has 3 heteroatoms. The minimum atomic E-state index is 0.0584. The van der Waals surface area contributed by atoms with Gasteiger partial charge in [0.1, 0.15) is 0 Å². The Morgan fingerprint density at radius 1 is 1.17 bits per heavy atom. The molecule has 1 rings (SSSR count). The van der Waals surface area contributed by atoms with Gasteiger partial charge in [0.05, 0.1) is 14.2 Å². The SMILES string of the molecule is CC[C@@H](C(=O)c1ccc(OC)c(OC)c1)C(C)C. The lowest BCUT2D eigenvalue weighted by molar-refractivity contribution is 0.0881. The number of hydrogen-bond donors (Lipinski definition) is 0. The molecule has 0 aliphatic carbocycles. The fraction of sp³-hybridized carbons (Fsp3) is 0.533. The number of hydrogen-bond acceptors (Lipinski definition) is 3. The minimum absolute atomic E-state index is 0.0584. The van der Waals surface area contributed by atoms with E-state index < -0.39 is 0 Å². The fourth-order valence-electron chi connectivity index (χ4n) is 2.16. The molecule has 0 heterocycles. The van der Waals surface area contributed by atoms with Gasteiger partial charge < -0.3 is 9.47 Å². The molecule has 1 atom stereocenters. The first-order valence-electron chi connectivity index (χ1n) is 6.31. The average Bonchev–Trinajstić information content (AvgIpc) is 2.38. The first-order valence-corrected chi connectivity index (χ1v) is 6.31. The summed E-state index contributed by atoms with van der Waals surface area (Å²) in [6.45, 7) is 6.20. The van der Waals surface area contributed by atoms with E-state index in [4.69, 9.17) is 9.47 Å². The molecule has 0 spiro atoms. The quantitative estimate of drug-likeness (QED) is 0.724. The molecule has 3 nitrogen and oxygen atoms in total. The normalized spacial score (nSPS) is 12.3. The van der Waals surface area contributed by atoms with Crippen molar-refractivity contribution >= 4 is 5.78 Å². The molecule has 0 radical (unpaired) electrons. The summed E-state index contributed by atoms with van der Waals surface area (Å²) < 4.78 is 10.4. The second-order valence-electron chi connectivity index (χ2n) is 4.69. The van der Waals surface area contributed by atoms with Crippen LogP contribution >= 0.6 is 0 Å². The van der Waals surface area contributed by atoms with Crippen molar-refractivity contribution in [1.82, 2.24) is 0 Å². The Morgan fingerprint density at radius 3 is 2.22 bits per heavy atom. The summed E-state index contributed by atoms with van der Waals surface area (Å²) in [4.78, 5) is 12.4. The maximum Gasteiger partial charge on any atom is 0.166 e. The van der Waals surface area contributed by atoms with Crippen molar-refractivity contribution in [2.75, 3.05) is 14.2 Å². The Hall–Kier alpha value is -1.51. The molecule has 0 unspecified atom stereocenters. The van der Waals surface area contributed by atoms with Crippen LogP contribution in [0.3, 0.4) is 0 Å². The molecule has 0 saturated heterocycles. The summed E-state index contributed by atoms with van der Waals surface area (Å²) in [5.74, 6) is 1.82. The third-order valence-corrected chi connectivity index (χ3v) is 3.25. The highest BCUT2D eigenvalue weighted by Gasteiger charge is 2.22. The Bertz CT molecular complexity index is 410. The smallest absolute Gasteiger partial charge is 0.166 e. The fourth-order valence-corrected chi connectivity index (χ4v) is 2.16. The van der Waals surface area contributed by atoms with Crippen molar-refractivity contribution in [3.05, 3.63) is 23.8 Å². The molecule has 18 heavy (non-hydrogen) atoms. The lowest BCUT2D eigenvalue weighted by atomic mass is 9.86. The number of rotatable bonds is 6. The molecule has 0 saturated carbocycles. The van der Waals surface area contributed by atoms with E-state index in [-0.39, 0.29) is 11.7 Å². The summed E-state index contributed by atoms with van der Waals surface area (Å²) >= 11 is 0. The summed E-state index contributed by atoms with van der Waals surface area (Å²) in [6.07, 6.45) is 0.852. The van der Waals surface area contributed by atoms with Gasteiger partial charge in [-0.1, -0.05) is 20.8 Å². The van der Waals surface area contributed by atoms with Crippen molar-refractivity contribution in [2.45, 2.75) is 27.2 Å². The Labute approximate surface area is 109 Å². The highest BCUT2D eigenvalue weighted by Crippen LogP contribution is 2.30. The average molecular weight is 250 g/mol. The van der Waals surface area contributed by atoms with Gasteiger partial charge in [0, 0.05) is 11.5 Å². The van der Waals surface area contributed by atoms with Crippen LogP contribution in [-0.2, 0) is 0 Å². The Balaban J connectivity index is 3.06. The van der Waals surface area contributed by atoms with Gasteiger partial charge in [-0.25, -0.2) is 0 Å². The zero-order valence-corrected chi connectivity index (χ0v) is 11.8. The Morgan fingerprint density at radius 2 is 1.78 bits per heavy atom. The van der Waals surface area contributed by atoms with Crippen molar-refractivity contribution < 1.29 is 14.3 Å². The van der Waals surface area contributed by atoms with Gasteiger partial charge >= 0.3 is 0 Å². The summed E-state index contributed by atoms with van der Waals surface area (Å²) in [5, 5.41) is 0. The maximum atomic E-state index is 12.4. The largest absolute Gasteiger partial charge is 0.493 e. The molecule has 0 N–H and O–H groups in total. The summed E-state index contributed by atoms with van der Waals surface area (Å²) in [7, 11) is 3.16. The predicted molar refractivity (Wildman–Crippen MR) is 72.5 cm³/mol. The molecule has 0 aliphatic rings. The highest BCUT2D eigenvalue weighted by atomic mass is 16.5. The molecular formula is C15H22O3. The van der Waals surface area contributed by atoms with Gasteiger partial charge in [0.2, 0.25) is 0 Å². The van der Waals surface area contributed by atoms with Crippen LogP contribution in [0.15, 0.2) is 18.2 Å². The van der Waals surface area contributed by atoms with Crippen molar-refractivity contribution in [1.29, 1.82) is 0 Å². The van der Waals surface area contributed by atoms with Gasteiger partial charge in [-0.2, -0.15) is 0 Å². The number of carbonyl (C=O) groups is 1. The second kappa shape index (κ2) is 6.43. The Kier molecular flexibility index (Phi) is 5.20. The standard InChI is InChI=1S/C15H22O3/c1-6-12(10(2)3)15(16)11-7-8-13(17-4)14(9-11)18-5/h7-10,12H,6H2,1-5H3/t12-/m1/s1. The topological polar surface area (TPSA) is 35.5 Å². The molecule has 0 aliphatic heterocycles. The van der Waals surface area contributed by atoms with Crippen molar-refractivity contribution in [3.63, 3.8) is 0 Å². The molecule has 0 aromatic heterocycles. The van der Waals surface area contributed by atoms with Crippen molar-refractivity contribution in [2.24, 2.45) is 11.8 Å². The molecular weight excluding hydrogens is 228 g/mol. The van der Waals surface area contributed by atoms with E-state index in [9.17, 15) is 4.79 Å². The van der Waals surface area contributed by atoms with E-state index in [1.807, 2.05) is 6.92 Å². The minimum Gasteiger partial charge on any atom is -0.493 e. The van der Waals surface area contributed by atoms with Gasteiger partial charge in [0.15, 0.2) is 17.3 Å². The number of carbonyl (C=O) groups excluding carboxylic acids is 1.